The molecule has 0 heterocycles. The lowest BCUT2D eigenvalue weighted by Crippen LogP contribution is -2.42. The molecule has 1 rings (SSSR count). The van der Waals surface area contributed by atoms with Crippen molar-refractivity contribution in [2.45, 2.75) is 96.8 Å². The number of esters is 1. The maximum absolute atomic E-state index is 12.4. The van der Waals surface area contributed by atoms with Gasteiger partial charge in [0.05, 0.1) is 4.79 Å². The van der Waals surface area contributed by atoms with Crippen molar-refractivity contribution in [3.8, 4) is 5.75 Å². The highest BCUT2D eigenvalue weighted by atomic mass is 16.7. The average Bonchev–Trinajstić information content (AvgIpc) is 2.79. The fraction of sp³-hybridized carbons (Fsp3) is 0.643. The molecule has 0 spiro atoms. The molecule has 1 aromatic rings. The number of unbranched alkanes of at least 4 members (excludes halogenated alkanes) is 13. The molecular formula is C28H46NO4+2. The van der Waals surface area contributed by atoms with Crippen molar-refractivity contribution in [1.82, 2.24) is 0 Å². The molecule has 0 amide bonds. The van der Waals surface area contributed by atoms with Crippen LogP contribution in [0.25, 0.3) is 0 Å². The second-order valence-electron chi connectivity index (χ2n) is 9.42. The average molecular weight is 461 g/mol. The van der Waals surface area contributed by atoms with Crippen LogP contribution in [0, 0.1) is 0 Å². The Hall–Kier alpha value is -2.14. The number of nitrogens with zero attached hydrogens (tertiary/aromatic N) is 1. The summed E-state index contributed by atoms with van der Waals surface area (Å²) in [6.45, 7) is 6.42. The summed E-state index contributed by atoms with van der Waals surface area (Å²) in [5, 5.41) is 0. The molecule has 0 saturated heterocycles. The molecule has 0 aliphatic rings. The van der Waals surface area contributed by atoms with Crippen LogP contribution < -0.4 is 4.74 Å². The minimum absolute atomic E-state index is 0.199. The van der Waals surface area contributed by atoms with Crippen LogP contribution in [0.2, 0.25) is 0 Å². The van der Waals surface area contributed by atoms with Gasteiger partial charge in [-0.2, -0.15) is 0 Å². The molecule has 0 unspecified atom stereocenters. The van der Waals surface area contributed by atoms with Crippen LogP contribution in [0.4, 0.5) is 0 Å². The number of hydrogen-bond acceptors (Lipinski definition) is 4. The largest absolute Gasteiger partial charge is 0.670 e. The molecule has 0 bridgehead atoms. The molecule has 0 fully saturated rings. The zero-order valence-electron chi connectivity index (χ0n) is 21.3. The zero-order valence-corrected chi connectivity index (χ0v) is 21.3. The lowest BCUT2D eigenvalue weighted by atomic mass is 10.0. The van der Waals surface area contributed by atoms with Gasteiger partial charge in [0.15, 0.2) is 0 Å². The van der Waals surface area contributed by atoms with Gasteiger partial charge in [0.2, 0.25) is 0 Å². The smallest absolute Gasteiger partial charge is 0.423 e. The van der Waals surface area contributed by atoms with Crippen LogP contribution in [-0.4, -0.2) is 37.2 Å². The highest BCUT2D eigenvalue weighted by Gasteiger charge is 2.34. The third-order valence-electron chi connectivity index (χ3n) is 5.86. The van der Waals surface area contributed by atoms with Gasteiger partial charge in [-0.1, -0.05) is 100 Å². The quantitative estimate of drug-likeness (QED) is 0.0410. The Bertz CT molecular complexity index is 682. The minimum atomic E-state index is -0.531. The number of quaternary nitrogens is 1. The molecule has 5 nitrogen and oxygen atoms in total. The summed E-state index contributed by atoms with van der Waals surface area (Å²) >= 11 is 0. The molecule has 1 aromatic carbocycles. The molecule has 0 aliphatic heterocycles. The molecule has 185 valence electrons. The summed E-state index contributed by atoms with van der Waals surface area (Å²) in [5.74, 6) is -0.545. The number of hydroxylamine groups is 3. The lowest BCUT2D eigenvalue weighted by molar-refractivity contribution is -1.06. The summed E-state index contributed by atoms with van der Waals surface area (Å²) in [7, 11) is 3.81. The summed E-state index contributed by atoms with van der Waals surface area (Å²) < 4.78 is 5.22. The Morgan fingerprint density at radius 3 is 1.76 bits per heavy atom. The first-order valence-corrected chi connectivity index (χ1v) is 12.9. The summed E-state index contributed by atoms with van der Waals surface area (Å²) in [6, 6.07) is 6.35. The van der Waals surface area contributed by atoms with E-state index in [4.69, 9.17) is 9.57 Å². The number of carbonyl (C=O) groups is 2. The van der Waals surface area contributed by atoms with Crippen LogP contribution in [0.3, 0.4) is 0 Å². The summed E-state index contributed by atoms with van der Waals surface area (Å²) in [5.41, 5.74) is 0.431. The minimum Gasteiger partial charge on any atom is -0.423 e. The van der Waals surface area contributed by atoms with Crippen LogP contribution >= 0.6 is 0 Å². The highest BCUT2D eigenvalue weighted by Crippen LogP contribution is 2.16. The van der Waals surface area contributed by atoms with Crippen molar-refractivity contribution in [2.24, 2.45) is 0 Å². The summed E-state index contributed by atoms with van der Waals surface area (Å²) in [4.78, 5) is 29.3. The van der Waals surface area contributed by atoms with Crippen molar-refractivity contribution in [3.05, 3.63) is 42.5 Å². The van der Waals surface area contributed by atoms with Crippen molar-refractivity contribution in [3.63, 3.8) is 0 Å². The van der Waals surface area contributed by atoms with Crippen LogP contribution in [0.1, 0.15) is 107 Å². The molecule has 1 radical (unpaired) electrons. The fourth-order valence-corrected chi connectivity index (χ4v) is 3.83. The second-order valence-corrected chi connectivity index (χ2v) is 9.42. The molecule has 0 atom stereocenters. The first-order chi connectivity index (χ1) is 15.9. The van der Waals surface area contributed by atoms with Crippen LogP contribution in [0.15, 0.2) is 36.9 Å². The number of hydrogen-bond donors (Lipinski definition) is 0. The molecule has 5 heteroatoms. The van der Waals surface area contributed by atoms with Gasteiger partial charge in [0.25, 0.3) is 0 Å². The first kappa shape index (κ1) is 28.9. The van der Waals surface area contributed by atoms with Crippen molar-refractivity contribution >= 4 is 11.9 Å². The van der Waals surface area contributed by atoms with E-state index in [1.165, 1.54) is 83.5 Å². The van der Waals surface area contributed by atoms with E-state index in [9.17, 15) is 9.59 Å². The second kappa shape index (κ2) is 17.4. The highest BCUT2D eigenvalue weighted by molar-refractivity contribution is 5.89. The molecular weight excluding hydrogens is 414 g/mol. The predicted molar refractivity (Wildman–Crippen MR) is 135 cm³/mol. The topological polar surface area (TPSA) is 55.4 Å². The summed E-state index contributed by atoms with van der Waals surface area (Å²) in [6.07, 6.45) is 19.7. The van der Waals surface area contributed by atoms with Gasteiger partial charge in [-0.3, -0.25) is 0 Å². The fourth-order valence-electron chi connectivity index (χ4n) is 3.83. The van der Waals surface area contributed by atoms with Gasteiger partial charge in [0, 0.05) is 12.5 Å². The predicted octanol–water partition coefficient (Wildman–Crippen LogP) is 7.41. The Morgan fingerprint density at radius 1 is 0.848 bits per heavy atom. The van der Waals surface area contributed by atoms with Crippen LogP contribution in [0.5, 0.6) is 5.75 Å². The molecule has 0 aliphatic carbocycles. The van der Waals surface area contributed by atoms with Gasteiger partial charge in [-0.05, 0) is 30.7 Å². The Morgan fingerprint density at radius 2 is 1.30 bits per heavy atom. The van der Waals surface area contributed by atoms with E-state index in [1.807, 2.05) is 14.1 Å². The van der Waals surface area contributed by atoms with E-state index in [2.05, 4.69) is 13.5 Å². The van der Waals surface area contributed by atoms with Gasteiger partial charge in [0.1, 0.15) is 32.0 Å². The van der Waals surface area contributed by atoms with Crippen molar-refractivity contribution in [1.29, 1.82) is 0 Å². The van der Waals surface area contributed by atoms with Gasteiger partial charge < -0.3 is 4.74 Å². The normalized spacial score (nSPS) is 11.2. The Balaban J connectivity index is 2.10. The number of rotatable bonds is 19. The third-order valence-corrected chi connectivity index (χ3v) is 5.86. The number of ether oxygens (including phenoxy) is 1. The zero-order chi connectivity index (χ0) is 24.4. The molecule has 0 saturated carbocycles. The van der Waals surface area contributed by atoms with Gasteiger partial charge in [-0.15, -0.1) is 0 Å². The molecule has 0 N–H and O–H groups in total. The van der Waals surface area contributed by atoms with Crippen LogP contribution in [-0.2, 0) is 9.63 Å². The standard InChI is InChI=1S/C28H46NO4/c1-5-7-8-9-10-11-12-13-14-15-16-17-18-19-24-29(3,4)33-28(31)25-20-22-26(23-21-25)32-27(30)6-2/h6,20-23H,2,5,7-19,24H2,1,3-4H3/q+2. The van der Waals surface area contributed by atoms with E-state index in [0.717, 1.165) is 19.0 Å². The van der Waals surface area contributed by atoms with E-state index in [-0.39, 0.29) is 10.6 Å². The maximum atomic E-state index is 12.4. The molecule has 0 aromatic heterocycles. The van der Waals surface area contributed by atoms with E-state index >= 15 is 0 Å². The SMILES string of the molecule is C=CC(=O)Oc1ccc(C(=[O+])O[N+](C)(C)CCCCCCCCCCCCCCCC)cc1. The number of carbonyl (C=O) groups excluding carboxylic acids is 2. The van der Waals surface area contributed by atoms with E-state index < -0.39 is 5.97 Å². The molecule has 33 heavy (non-hydrogen) atoms. The third kappa shape index (κ3) is 14.6. The first-order valence-electron chi connectivity index (χ1n) is 12.9. The monoisotopic (exact) mass is 460 g/mol. The van der Waals surface area contributed by atoms with Crippen molar-refractivity contribution < 1.29 is 23.8 Å². The number of benzene rings is 1. The van der Waals surface area contributed by atoms with Gasteiger partial charge >= 0.3 is 11.9 Å². The lowest BCUT2D eigenvalue weighted by Gasteiger charge is -2.17. The van der Waals surface area contributed by atoms with Gasteiger partial charge in [-0.25, -0.2) is 4.79 Å². The van der Waals surface area contributed by atoms with E-state index in [0.29, 0.717) is 11.3 Å². The Kier molecular flexibility index (Phi) is 15.2. The van der Waals surface area contributed by atoms with E-state index in [1.54, 1.807) is 24.3 Å². The van der Waals surface area contributed by atoms with Crippen molar-refractivity contribution in [2.75, 3.05) is 20.6 Å². The Labute approximate surface area is 201 Å². The maximum Gasteiger partial charge on any atom is 0.670 e.